The first-order valence-corrected chi connectivity index (χ1v) is 7.73. The first-order chi connectivity index (χ1) is 9.63. The molecule has 0 saturated carbocycles. The molecule has 0 radical (unpaired) electrons. The Bertz CT molecular complexity index is 586. The van der Waals surface area contributed by atoms with Gasteiger partial charge in [-0.1, -0.05) is 39.0 Å². The summed E-state index contributed by atoms with van der Waals surface area (Å²) >= 11 is 3.40. The van der Waals surface area contributed by atoms with Crippen molar-refractivity contribution in [2.24, 2.45) is 0 Å². The highest BCUT2D eigenvalue weighted by molar-refractivity contribution is 9.10. The molecule has 0 bridgehead atoms. The highest BCUT2D eigenvalue weighted by atomic mass is 79.9. The number of rotatable bonds is 5. The first-order valence-electron chi connectivity index (χ1n) is 6.94. The molecule has 2 rings (SSSR count). The van der Waals surface area contributed by atoms with Crippen molar-refractivity contribution in [2.75, 3.05) is 0 Å². The predicted molar refractivity (Wildman–Crippen MR) is 84.3 cm³/mol. The minimum absolute atomic E-state index is 0.460. The summed E-state index contributed by atoms with van der Waals surface area (Å²) in [4.78, 5) is 8.70. The summed E-state index contributed by atoms with van der Waals surface area (Å²) in [5, 5.41) is 0. The molecule has 0 N–H and O–H groups in total. The van der Waals surface area contributed by atoms with Crippen molar-refractivity contribution in [3.05, 3.63) is 46.3 Å². The van der Waals surface area contributed by atoms with Crippen molar-refractivity contribution in [3.8, 4) is 11.6 Å². The van der Waals surface area contributed by atoms with Crippen molar-refractivity contribution in [1.29, 1.82) is 0 Å². The number of benzene rings is 1. The molecule has 0 amide bonds. The van der Waals surface area contributed by atoms with Crippen LogP contribution < -0.4 is 4.74 Å². The van der Waals surface area contributed by atoms with Crippen LogP contribution >= 0.6 is 15.9 Å². The number of nitrogens with zero attached hydrogens (tertiary/aromatic N) is 2. The third-order valence-corrected chi connectivity index (χ3v) is 3.72. The molecule has 1 unspecified atom stereocenters. The fourth-order valence-corrected chi connectivity index (χ4v) is 2.37. The second-order valence-electron chi connectivity index (χ2n) is 4.75. The van der Waals surface area contributed by atoms with Gasteiger partial charge in [0.05, 0.1) is 0 Å². The number of hydrogen-bond acceptors (Lipinski definition) is 3. The maximum absolute atomic E-state index is 5.97. The van der Waals surface area contributed by atoms with Crippen molar-refractivity contribution >= 4 is 15.9 Å². The SMILES string of the molecule is CCc1nc(Br)cc(Oc2ccccc2C(C)CC)n1. The number of halogens is 1. The van der Waals surface area contributed by atoms with Gasteiger partial charge >= 0.3 is 0 Å². The van der Waals surface area contributed by atoms with E-state index in [-0.39, 0.29) is 0 Å². The molecule has 1 heterocycles. The van der Waals surface area contributed by atoms with E-state index < -0.39 is 0 Å². The summed E-state index contributed by atoms with van der Waals surface area (Å²) in [6, 6.07) is 9.93. The Hall–Kier alpha value is -1.42. The second kappa shape index (κ2) is 6.84. The van der Waals surface area contributed by atoms with Crippen LogP contribution in [0.4, 0.5) is 0 Å². The molecule has 1 aromatic heterocycles. The minimum atomic E-state index is 0.460. The summed E-state index contributed by atoms with van der Waals surface area (Å²) in [5.41, 5.74) is 1.21. The zero-order valence-corrected chi connectivity index (χ0v) is 13.6. The van der Waals surface area contributed by atoms with E-state index in [0.717, 1.165) is 29.0 Å². The molecule has 4 heteroatoms. The van der Waals surface area contributed by atoms with E-state index in [4.69, 9.17) is 4.74 Å². The molecule has 3 nitrogen and oxygen atoms in total. The standard InChI is InChI=1S/C16H19BrN2O/c1-4-11(3)12-8-6-7-9-13(12)20-16-10-14(17)18-15(5-2)19-16/h6-11H,4-5H2,1-3H3. The molecule has 0 aliphatic rings. The number of aryl methyl sites for hydroxylation is 1. The maximum Gasteiger partial charge on any atom is 0.223 e. The average molecular weight is 335 g/mol. The molecular formula is C16H19BrN2O. The van der Waals surface area contributed by atoms with E-state index in [0.29, 0.717) is 11.8 Å². The molecule has 106 valence electrons. The predicted octanol–water partition coefficient (Wildman–Crippen LogP) is 5.11. The number of para-hydroxylation sites is 1. The Morgan fingerprint density at radius 2 is 1.95 bits per heavy atom. The van der Waals surface area contributed by atoms with Gasteiger partial charge in [-0.15, -0.1) is 0 Å². The van der Waals surface area contributed by atoms with Gasteiger partial charge in [-0.05, 0) is 39.9 Å². The molecule has 0 fully saturated rings. The van der Waals surface area contributed by atoms with Crippen LogP contribution in [0.15, 0.2) is 34.9 Å². The number of ether oxygens (including phenoxy) is 1. The van der Waals surface area contributed by atoms with Gasteiger partial charge in [0.15, 0.2) is 0 Å². The van der Waals surface area contributed by atoms with Gasteiger partial charge in [0.2, 0.25) is 5.88 Å². The first kappa shape index (κ1) is 15.0. The minimum Gasteiger partial charge on any atom is -0.439 e. The molecule has 0 spiro atoms. The fraction of sp³-hybridized carbons (Fsp3) is 0.375. The lowest BCUT2D eigenvalue weighted by atomic mass is 9.98. The Morgan fingerprint density at radius 1 is 1.20 bits per heavy atom. The Kier molecular flexibility index (Phi) is 5.12. The molecular weight excluding hydrogens is 316 g/mol. The second-order valence-corrected chi connectivity index (χ2v) is 5.56. The maximum atomic E-state index is 5.97. The van der Waals surface area contributed by atoms with Gasteiger partial charge in [0, 0.05) is 12.5 Å². The van der Waals surface area contributed by atoms with E-state index >= 15 is 0 Å². The third kappa shape index (κ3) is 3.57. The monoisotopic (exact) mass is 334 g/mol. The van der Waals surface area contributed by atoms with E-state index in [9.17, 15) is 0 Å². The highest BCUT2D eigenvalue weighted by Crippen LogP contribution is 2.31. The number of aromatic nitrogens is 2. The van der Waals surface area contributed by atoms with Crippen LogP contribution in [-0.4, -0.2) is 9.97 Å². The van der Waals surface area contributed by atoms with Crippen LogP contribution in [0.25, 0.3) is 0 Å². The molecule has 20 heavy (non-hydrogen) atoms. The van der Waals surface area contributed by atoms with Crippen LogP contribution in [0.2, 0.25) is 0 Å². The molecule has 0 aliphatic heterocycles. The van der Waals surface area contributed by atoms with Crippen LogP contribution in [0.1, 0.15) is 44.5 Å². The quantitative estimate of drug-likeness (QED) is 0.713. The van der Waals surface area contributed by atoms with Gasteiger partial charge in [0.25, 0.3) is 0 Å². The van der Waals surface area contributed by atoms with Crippen LogP contribution in [0.3, 0.4) is 0 Å². The molecule has 0 saturated heterocycles. The molecule has 1 atom stereocenters. The van der Waals surface area contributed by atoms with Crippen molar-refractivity contribution in [2.45, 2.75) is 39.5 Å². The van der Waals surface area contributed by atoms with Crippen LogP contribution in [-0.2, 0) is 6.42 Å². The lowest BCUT2D eigenvalue weighted by molar-refractivity contribution is 0.447. The normalized spacial score (nSPS) is 12.2. The zero-order chi connectivity index (χ0) is 14.5. The van der Waals surface area contributed by atoms with Gasteiger partial charge < -0.3 is 4.74 Å². The lowest BCUT2D eigenvalue weighted by Crippen LogP contribution is -2.00. The van der Waals surface area contributed by atoms with E-state index in [1.165, 1.54) is 5.56 Å². The summed E-state index contributed by atoms with van der Waals surface area (Å²) in [7, 11) is 0. The van der Waals surface area contributed by atoms with Crippen LogP contribution in [0, 0.1) is 0 Å². The van der Waals surface area contributed by atoms with Gasteiger partial charge in [-0.25, -0.2) is 4.98 Å². The average Bonchev–Trinajstić information content (AvgIpc) is 2.46. The fourth-order valence-electron chi connectivity index (χ4n) is 1.97. The number of hydrogen-bond donors (Lipinski definition) is 0. The Balaban J connectivity index is 2.32. The summed E-state index contributed by atoms with van der Waals surface area (Å²) in [6.45, 7) is 6.41. The largest absolute Gasteiger partial charge is 0.439 e. The van der Waals surface area contributed by atoms with Crippen molar-refractivity contribution < 1.29 is 4.74 Å². The third-order valence-electron chi connectivity index (χ3n) is 3.31. The van der Waals surface area contributed by atoms with Gasteiger partial charge in [-0.2, -0.15) is 4.98 Å². The lowest BCUT2D eigenvalue weighted by Gasteiger charge is -2.15. The topological polar surface area (TPSA) is 35.0 Å². The van der Waals surface area contributed by atoms with Crippen molar-refractivity contribution in [1.82, 2.24) is 9.97 Å². The van der Waals surface area contributed by atoms with E-state index in [1.807, 2.05) is 25.1 Å². The Morgan fingerprint density at radius 3 is 2.65 bits per heavy atom. The molecule has 1 aromatic carbocycles. The van der Waals surface area contributed by atoms with E-state index in [2.05, 4.69) is 45.8 Å². The molecule has 2 aromatic rings. The van der Waals surface area contributed by atoms with Crippen molar-refractivity contribution in [3.63, 3.8) is 0 Å². The van der Waals surface area contributed by atoms with Crippen LogP contribution in [0.5, 0.6) is 11.6 Å². The summed E-state index contributed by atoms with van der Waals surface area (Å²) in [6.07, 6.45) is 1.86. The Labute approximate surface area is 128 Å². The highest BCUT2D eigenvalue weighted by Gasteiger charge is 2.11. The smallest absolute Gasteiger partial charge is 0.223 e. The van der Waals surface area contributed by atoms with E-state index in [1.54, 1.807) is 6.07 Å². The zero-order valence-electron chi connectivity index (χ0n) is 12.1. The summed E-state index contributed by atoms with van der Waals surface area (Å²) < 4.78 is 6.73. The molecule has 0 aliphatic carbocycles. The summed E-state index contributed by atoms with van der Waals surface area (Å²) in [5.74, 6) is 2.69. The van der Waals surface area contributed by atoms with Gasteiger partial charge in [-0.3, -0.25) is 0 Å². The van der Waals surface area contributed by atoms with Gasteiger partial charge in [0.1, 0.15) is 16.2 Å².